The highest BCUT2D eigenvalue weighted by Gasteiger charge is 2.24. The zero-order valence-corrected chi connectivity index (χ0v) is 12.2. The molecule has 0 spiro atoms. The number of aliphatic carboxylic acids is 1. The second-order valence-electron chi connectivity index (χ2n) is 5.22. The molecule has 1 aromatic carbocycles. The van der Waals surface area contributed by atoms with Crippen LogP contribution in [-0.2, 0) is 4.79 Å². The third kappa shape index (κ3) is 3.31. The predicted octanol–water partition coefficient (Wildman–Crippen LogP) is 2.50. The summed E-state index contributed by atoms with van der Waals surface area (Å²) in [6.07, 6.45) is 3.26. The van der Waals surface area contributed by atoms with Crippen LogP contribution in [0.25, 0.3) is 0 Å². The van der Waals surface area contributed by atoms with Crippen molar-refractivity contribution in [2.75, 3.05) is 0 Å². The molecule has 1 heterocycles. The summed E-state index contributed by atoms with van der Waals surface area (Å²) >= 11 is 0. The van der Waals surface area contributed by atoms with E-state index in [2.05, 4.69) is 10.3 Å². The maximum Gasteiger partial charge on any atom is 0.330 e. The highest BCUT2D eigenvalue weighted by atomic mass is 16.4. The molecular formula is C16H18N2O3. The zero-order chi connectivity index (χ0) is 15.6. The van der Waals surface area contributed by atoms with Crippen LogP contribution in [-0.4, -0.2) is 22.0 Å². The van der Waals surface area contributed by atoms with Crippen LogP contribution in [0.4, 0.5) is 0 Å². The number of nitrogens with one attached hydrogen (secondary N) is 2. The van der Waals surface area contributed by atoms with Crippen molar-refractivity contribution in [3.63, 3.8) is 0 Å². The first-order valence-corrected chi connectivity index (χ1v) is 6.63. The van der Waals surface area contributed by atoms with Gasteiger partial charge in [-0.05, 0) is 31.9 Å². The smallest absolute Gasteiger partial charge is 0.330 e. The first-order valence-electron chi connectivity index (χ1n) is 6.63. The number of rotatable bonds is 4. The lowest BCUT2D eigenvalue weighted by atomic mass is 10.0. The molecule has 5 heteroatoms. The lowest BCUT2D eigenvalue weighted by Crippen LogP contribution is -2.34. The van der Waals surface area contributed by atoms with E-state index in [0.717, 1.165) is 16.7 Å². The third-order valence-corrected chi connectivity index (χ3v) is 3.30. The van der Waals surface area contributed by atoms with E-state index in [-0.39, 0.29) is 0 Å². The van der Waals surface area contributed by atoms with Crippen LogP contribution in [0.1, 0.15) is 38.7 Å². The van der Waals surface area contributed by atoms with E-state index in [1.54, 1.807) is 31.5 Å². The van der Waals surface area contributed by atoms with Crippen molar-refractivity contribution in [1.29, 1.82) is 0 Å². The molecule has 110 valence electrons. The summed E-state index contributed by atoms with van der Waals surface area (Å²) in [5.41, 5.74) is 3.72. The molecule has 0 radical (unpaired) electrons. The largest absolute Gasteiger partial charge is 0.479 e. The normalized spacial score (nSPS) is 12.0. The molecule has 0 saturated carbocycles. The molecule has 5 nitrogen and oxygen atoms in total. The van der Waals surface area contributed by atoms with Gasteiger partial charge >= 0.3 is 5.97 Å². The Kier molecular flexibility index (Phi) is 4.12. The van der Waals surface area contributed by atoms with Gasteiger partial charge in [-0.1, -0.05) is 29.3 Å². The van der Waals surface area contributed by atoms with Crippen molar-refractivity contribution < 1.29 is 14.7 Å². The van der Waals surface area contributed by atoms with Gasteiger partial charge in [-0.3, -0.25) is 4.79 Å². The van der Waals surface area contributed by atoms with Gasteiger partial charge in [0.25, 0.3) is 5.91 Å². The lowest BCUT2D eigenvalue weighted by Gasteiger charge is -2.16. The number of carbonyl (C=O) groups excluding carboxylic acids is 1. The minimum Gasteiger partial charge on any atom is -0.479 e. The number of amides is 1. The molecule has 1 atom stereocenters. The maximum atomic E-state index is 12.2. The first kappa shape index (κ1) is 14.8. The van der Waals surface area contributed by atoms with E-state index < -0.39 is 17.9 Å². The topological polar surface area (TPSA) is 82.2 Å². The number of aromatic amines is 1. The molecule has 0 aliphatic carbocycles. The Morgan fingerprint density at radius 3 is 2.19 bits per heavy atom. The van der Waals surface area contributed by atoms with Crippen LogP contribution >= 0.6 is 0 Å². The molecule has 0 aliphatic rings. The van der Waals surface area contributed by atoms with Gasteiger partial charge in [0.05, 0.1) is 5.56 Å². The number of H-pyrrole nitrogens is 1. The Morgan fingerprint density at radius 1 is 1.10 bits per heavy atom. The molecule has 0 aliphatic heterocycles. The highest BCUT2D eigenvalue weighted by molar-refractivity contribution is 5.97. The molecule has 1 amide bonds. The Labute approximate surface area is 123 Å². The monoisotopic (exact) mass is 286 g/mol. The Hall–Kier alpha value is -2.56. The molecule has 2 rings (SSSR count). The van der Waals surface area contributed by atoms with Gasteiger partial charge in [0.15, 0.2) is 6.04 Å². The van der Waals surface area contributed by atoms with Crippen LogP contribution in [0.3, 0.4) is 0 Å². The number of carbonyl (C=O) groups is 2. The Bertz CT molecular complexity index is 668. The summed E-state index contributed by atoms with van der Waals surface area (Å²) in [5, 5.41) is 12.0. The fraction of sp³-hybridized carbons (Fsp3) is 0.250. The average Bonchev–Trinajstić information content (AvgIpc) is 2.80. The number of aryl methyl sites for hydroxylation is 3. The SMILES string of the molecule is Cc1cc(C)cc(C(NC(=O)c2c[nH]cc2C)C(=O)O)c1. The van der Waals surface area contributed by atoms with Crippen molar-refractivity contribution in [3.05, 3.63) is 58.4 Å². The number of aromatic nitrogens is 1. The van der Waals surface area contributed by atoms with Crippen LogP contribution < -0.4 is 5.32 Å². The van der Waals surface area contributed by atoms with E-state index in [9.17, 15) is 14.7 Å². The van der Waals surface area contributed by atoms with E-state index in [1.807, 2.05) is 19.9 Å². The van der Waals surface area contributed by atoms with E-state index in [4.69, 9.17) is 0 Å². The lowest BCUT2D eigenvalue weighted by molar-refractivity contribution is -0.139. The fourth-order valence-electron chi connectivity index (χ4n) is 2.36. The maximum absolute atomic E-state index is 12.2. The Morgan fingerprint density at radius 2 is 1.71 bits per heavy atom. The van der Waals surface area contributed by atoms with Crippen molar-refractivity contribution in [2.24, 2.45) is 0 Å². The minimum atomic E-state index is -1.08. The summed E-state index contributed by atoms with van der Waals surface area (Å²) in [6.45, 7) is 5.58. The summed E-state index contributed by atoms with van der Waals surface area (Å²) in [5.74, 6) is -1.48. The van der Waals surface area contributed by atoms with Crippen molar-refractivity contribution in [3.8, 4) is 0 Å². The molecule has 2 aromatic rings. The van der Waals surface area contributed by atoms with Crippen LogP contribution in [0.15, 0.2) is 30.6 Å². The van der Waals surface area contributed by atoms with Gasteiger partial charge in [-0.2, -0.15) is 0 Å². The quantitative estimate of drug-likeness (QED) is 0.807. The zero-order valence-electron chi connectivity index (χ0n) is 12.2. The Balaban J connectivity index is 2.30. The van der Waals surface area contributed by atoms with Crippen LogP contribution in [0.2, 0.25) is 0 Å². The molecule has 0 bridgehead atoms. The molecule has 3 N–H and O–H groups in total. The van der Waals surface area contributed by atoms with Gasteiger partial charge in [-0.25, -0.2) is 4.79 Å². The molecule has 1 unspecified atom stereocenters. The fourth-order valence-corrected chi connectivity index (χ4v) is 2.36. The van der Waals surface area contributed by atoms with Gasteiger partial charge in [-0.15, -0.1) is 0 Å². The third-order valence-electron chi connectivity index (χ3n) is 3.30. The van der Waals surface area contributed by atoms with Crippen LogP contribution in [0, 0.1) is 20.8 Å². The van der Waals surface area contributed by atoms with Gasteiger partial charge in [0, 0.05) is 12.4 Å². The summed E-state index contributed by atoms with van der Waals surface area (Å²) in [7, 11) is 0. The summed E-state index contributed by atoms with van der Waals surface area (Å²) in [4.78, 5) is 26.5. The van der Waals surface area contributed by atoms with Crippen molar-refractivity contribution >= 4 is 11.9 Å². The second kappa shape index (κ2) is 5.83. The standard InChI is InChI=1S/C16H18N2O3/c1-9-4-10(2)6-12(5-9)14(16(20)21)18-15(19)13-8-17-7-11(13)3/h4-8,14,17H,1-3H3,(H,18,19)(H,20,21). The van der Waals surface area contributed by atoms with Crippen LogP contribution in [0.5, 0.6) is 0 Å². The van der Waals surface area contributed by atoms with Crippen molar-refractivity contribution in [2.45, 2.75) is 26.8 Å². The molecule has 21 heavy (non-hydrogen) atoms. The number of hydrogen-bond donors (Lipinski definition) is 3. The molecular weight excluding hydrogens is 268 g/mol. The van der Waals surface area contributed by atoms with E-state index in [0.29, 0.717) is 11.1 Å². The molecule has 0 saturated heterocycles. The summed E-state index contributed by atoms with van der Waals surface area (Å²) < 4.78 is 0. The first-order chi connectivity index (χ1) is 9.88. The molecule has 1 aromatic heterocycles. The van der Waals surface area contributed by atoms with E-state index >= 15 is 0 Å². The number of hydrogen-bond acceptors (Lipinski definition) is 2. The highest BCUT2D eigenvalue weighted by Crippen LogP contribution is 2.18. The van der Waals surface area contributed by atoms with E-state index in [1.165, 1.54) is 0 Å². The molecule has 0 fully saturated rings. The van der Waals surface area contributed by atoms with Crippen molar-refractivity contribution in [1.82, 2.24) is 10.3 Å². The minimum absolute atomic E-state index is 0.402. The second-order valence-corrected chi connectivity index (χ2v) is 5.22. The average molecular weight is 286 g/mol. The number of benzene rings is 1. The van der Waals surface area contributed by atoms with Gasteiger partial charge < -0.3 is 15.4 Å². The summed E-state index contributed by atoms with van der Waals surface area (Å²) in [6, 6.07) is 4.44. The predicted molar refractivity (Wildman–Crippen MR) is 79.3 cm³/mol. The number of carboxylic acids is 1. The van der Waals surface area contributed by atoms with Gasteiger partial charge in [0.1, 0.15) is 0 Å². The van der Waals surface area contributed by atoms with Gasteiger partial charge in [0.2, 0.25) is 0 Å². The number of carboxylic acid groups (broad SMARTS) is 1.